The second kappa shape index (κ2) is 9.48. The normalized spacial score (nSPS) is 20.8. The van der Waals surface area contributed by atoms with Crippen LogP contribution in [0, 0.1) is 11.8 Å². The molecule has 0 bridgehead atoms. The molecule has 1 atom stereocenters. The van der Waals surface area contributed by atoms with E-state index in [-0.39, 0.29) is 23.3 Å². The smallest absolute Gasteiger partial charge is 0.245 e. The summed E-state index contributed by atoms with van der Waals surface area (Å²) in [6.45, 7) is 2.17. The SMILES string of the molecule is O=C([C@@H]1CCCN(S(=O)(=O)c2cccc3nsnc23)C1)N1CCC(Cc2ccccc2)CC1. The van der Waals surface area contributed by atoms with Gasteiger partial charge in [0.2, 0.25) is 15.9 Å². The third-order valence-electron chi connectivity index (χ3n) is 6.89. The number of hydrogen-bond acceptors (Lipinski definition) is 6. The molecule has 0 radical (unpaired) electrons. The second-order valence-corrected chi connectivity index (χ2v) is 11.5. The van der Waals surface area contributed by atoms with Gasteiger partial charge in [-0.3, -0.25) is 4.79 Å². The average molecular weight is 485 g/mol. The number of carbonyl (C=O) groups is 1. The molecule has 0 aliphatic carbocycles. The summed E-state index contributed by atoms with van der Waals surface area (Å²) in [5.41, 5.74) is 2.35. The maximum absolute atomic E-state index is 13.4. The molecule has 2 aliphatic rings. The monoisotopic (exact) mass is 484 g/mol. The third kappa shape index (κ3) is 4.67. The number of carbonyl (C=O) groups excluding carboxylic acids is 1. The Balaban J connectivity index is 1.23. The highest BCUT2D eigenvalue weighted by molar-refractivity contribution is 7.89. The van der Waals surface area contributed by atoms with Crippen LogP contribution in [0.3, 0.4) is 0 Å². The Morgan fingerprint density at radius 3 is 2.55 bits per heavy atom. The zero-order chi connectivity index (χ0) is 22.8. The molecule has 0 saturated carbocycles. The van der Waals surface area contributed by atoms with Gasteiger partial charge in [-0.25, -0.2) is 8.42 Å². The lowest BCUT2D eigenvalue weighted by Crippen LogP contribution is -2.48. The highest BCUT2D eigenvalue weighted by Gasteiger charge is 2.37. The van der Waals surface area contributed by atoms with Crippen LogP contribution in [-0.2, 0) is 21.2 Å². The molecule has 2 aliphatic heterocycles. The van der Waals surface area contributed by atoms with Gasteiger partial charge in [-0.1, -0.05) is 36.4 Å². The van der Waals surface area contributed by atoms with Gasteiger partial charge >= 0.3 is 0 Å². The Hall–Kier alpha value is -2.36. The molecule has 0 spiro atoms. The number of aromatic nitrogens is 2. The second-order valence-electron chi connectivity index (χ2n) is 9.05. The summed E-state index contributed by atoms with van der Waals surface area (Å²) in [6.07, 6.45) is 4.46. The fourth-order valence-corrected chi connectivity index (χ4v) is 7.33. The molecule has 1 aromatic heterocycles. The first-order valence-electron chi connectivity index (χ1n) is 11.6. The van der Waals surface area contributed by atoms with Gasteiger partial charge in [0.25, 0.3) is 0 Å². The first kappa shape index (κ1) is 22.4. The van der Waals surface area contributed by atoms with Crippen molar-refractivity contribution in [1.29, 1.82) is 0 Å². The number of likely N-dealkylation sites (tertiary alicyclic amines) is 1. The summed E-state index contributed by atoms with van der Waals surface area (Å²) >= 11 is 1.01. The van der Waals surface area contributed by atoms with Crippen molar-refractivity contribution < 1.29 is 13.2 Å². The van der Waals surface area contributed by atoms with Crippen LogP contribution in [-0.4, -0.2) is 58.5 Å². The van der Waals surface area contributed by atoms with Crippen molar-refractivity contribution in [2.24, 2.45) is 11.8 Å². The molecule has 2 aromatic carbocycles. The molecule has 7 nitrogen and oxygen atoms in total. The molecule has 2 saturated heterocycles. The Morgan fingerprint density at radius 2 is 1.76 bits per heavy atom. The van der Waals surface area contributed by atoms with E-state index in [1.807, 2.05) is 11.0 Å². The van der Waals surface area contributed by atoms with Crippen molar-refractivity contribution in [2.75, 3.05) is 26.2 Å². The van der Waals surface area contributed by atoms with Crippen LogP contribution in [0.4, 0.5) is 0 Å². The molecule has 5 rings (SSSR count). The minimum atomic E-state index is -3.73. The third-order valence-corrected chi connectivity index (χ3v) is 9.33. The summed E-state index contributed by atoms with van der Waals surface area (Å²) in [5, 5.41) is 0. The lowest BCUT2D eigenvalue weighted by atomic mass is 9.89. The van der Waals surface area contributed by atoms with E-state index < -0.39 is 10.0 Å². The van der Waals surface area contributed by atoms with Crippen LogP contribution < -0.4 is 0 Å². The number of nitrogens with zero attached hydrogens (tertiary/aromatic N) is 4. The molecule has 174 valence electrons. The van der Waals surface area contributed by atoms with E-state index in [1.54, 1.807) is 18.2 Å². The molecule has 9 heteroatoms. The van der Waals surface area contributed by atoms with Gasteiger partial charge in [-0.15, -0.1) is 0 Å². The van der Waals surface area contributed by atoms with Crippen molar-refractivity contribution in [3.05, 3.63) is 54.1 Å². The van der Waals surface area contributed by atoms with Gasteiger partial charge in [0.1, 0.15) is 15.9 Å². The highest BCUT2D eigenvalue weighted by atomic mass is 32.2. The van der Waals surface area contributed by atoms with E-state index in [9.17, 15) is 13.2 Å². The quantitative estimate of drug-likeness (QED) is 0.553. The predicted octanol–water partition coefficient (Wildman–Crippen LogP) is 3.57. The Kier molecular flexibility index (Phi) is 6.44. The van der Waals surface area contributed by atoms with E-state index in [0.29, 0.717) is 29.9 Å². The lowest BCUT2D eigenvalue weighted by Gasteiger charge is -2.37. The number of fused-ring (bicyclic) bond motifs is 1. The summed E-state index contributed by atoms with van der Waals surface area (Å²) in [7, 11) is -3.73. The predicted molar refractivity (Wildman–Crippen MR) is 128 cm³/mol. The molecule has 3 heterocycles. The van der Waals surface area contributed by atoms with Crippen LogP contribution in [0.2, 0.25) is 0 Å². The zero-order valence-electron chi connectivity index (χ0n) is 18.5. The van der Waals surface area contributed by atoms with Crippen LogP contribution in [0.15, 0.2) is 53.4 Å². The van der Waals surface area contributed by atoms with Crippen molar-refractivity contribution >= 4 is 38.7 Å². The number of rotatable bonds is 5. The topological polar surface area (TPSA) is 83.5 Å². The van der Waals surface area contributed by atoms with E-state index in [4.69, 9.17) is 0 Å². The van der Waals surface area contributed by atoms with Gasteiger partial charge in [0.15, 0.2) is 0 Å². The Bertz CT molecular complexity index is 1220. The maximum Gasteiger partial charge on any atom is 0.245 e. The molecule has 1 amide bonds. The van der Waals surface area contributed by atoms with Crippen LogP contribution in [0.5, 0.6) is 0 Å². The Morgan fingerprint density at radius 1 is 0.970 bits per heavy atom. The first-order valence-corrected chi connectivity index (χ1v) is 13.7. The number of piperidine rings is 2. The fourth-order valence-electron chi connectivity index (χ4n) is 5.05. The average Bonchev–Trinajstić information content (AvgIpc) is 3.34. The standard InChI is InChI=1S/C24H28N4O3S2/c29-24(27-14-11-19(12-15-27)16-18-6-2-1-3-7-18)20-8-5-13-28(17-20)33(30,31)22-10-4-9-21-23(22)26-32-25-21/h1-4,6-7,9-10,19-20H,5,8,11-17H2/t20-/m1/s1. The zero-order valence-corrected chi connectivity index (χ0v) is 20.1. The highest BCUT2D eigenvalue weighted by Crippen LogP contribution is 2.30. The number of benzene rings is 2. The van der Waals surface area contributed by atoms with Crippen molar-refractivity contribution in [2.45, 2.75) is 37.0 Å². The van der Waals surface area contributed by atoms with Crippen molar-refractivity contribution in [3.63, 3.8) is 0 Å². The summed E-state index contributed by atoms with van der Waals surface area (Å²) in [5.74, 6) is 0.403. The number of hydrogen-bond donors (Lipinski definition) is 0. The molecular formula is C24H28N4O3S2. The summed E-state index contributed by atoms with van der Waals surface area (Å²) in [6, 6.07) is 15.6. The summed E-state index contributed by atoms with van der Waals surface area (Å²) in [4.78, 5) is 15.4. The van der Waals surface area contributed by atoms with Gasteiger partial charge < -0.3 is 4.90 Å². The number of sulfonamides is 1. The maximum atomic E-state index is 13.4. The van der Waals surface area contributed by atoms with Crippen LogP contribution >= 0.6 is 11.7 Å². The van der Waals surface area contributed by atoms with E-state index in [2.05, 4.69) is 33.0 Å². The molecule has 3 aromatic rings. The molecule has 0 N–H and O–H groups in total. The van der Waals surface area contributed by atoms with Gasteiger partial charge in [0, 0.05) is 26.2 Å². The van der Waals surface area contributed by atoms with Gasteiger partial charge in [0.05, 0.1) is 17.6 Å². The van der Waals surface area contributed by atoms with Crippen molar-refractivity contribution in [3.8, 4) is 0 Å². The minimum Gasteiger partial charge on any atom is -0.342 e. The molecular weight excluding hydrogens is 456 g/mol. The molecule has 0 unspecified atom stereocenters. The molecule has 33 heavy (non-hydrogen) atoms. The van der Waals surface area contributed by atoms with Crippen LogP contribution in [0.1, 0.15) is 31.2 Å². The van der Waals surface area contributed by atoms with E-state index in [1.165, 1.54) is 9.87 Å². The Labute approximate surface area is 198 Å². The minimum absolute atomic E-state index is 0.0987. The molecule has 2 fully saturated rings. The summed E-state index contributed by atoms with van der Waals surface area (Å²) < 4.78 is 36.6. The van der Waals surface area contributed by atoms with E-state index >= 15 is 0 Å². The fraction of sp³-hybridized carbons (Fsp3) is 0.458. The lowest BCUT2D eigenvalue weighted by molar-refractivity contribution is -0.138. The largest absolute Gasteiger partial charge is 0.342 e. The van der Waals surface area contributed by atoms with Gasteiger partial charge in [-0.05, 0) is 55.7 Å². The van der Waals surface area contributed by atoms with Crippen LogP contribution in [0.25, 0.3) is 11.0 Å². The van der Waals surface area contributed by atoms with E-state index in [0.717, 1.165) is 50.5 Å². The van der Waals surface area contributed by atoms with Gasteiger partial charge in [-0.2, -0.15) is 13.1 Å². The first-order chi connectivity index (χ1) is 16.0. The van der Waals surface area contributed by atoms with Crippen molar-refractivity contribution in [1.82, 2.24) is 18.0 Å². The number of amides is 1.